The van der Waals surface area contributed by atoms with Crippen molar-refractivity contribution < 1.29 is 0 Å². The molecule has 0 amide bonds. The van der Waals surface area contributed by atoms with Gasteiger partial charge in [-0.05, 0) is 57.3 Å². The van der Waals surface area contributed by atoms with Crippen molar-refractivity contribution in [2.75, 3.05) is 13.1 Å². The van der Waals surface area contributed by atoms with Gasteiger partial charge in [-0.1, -0.05) is 45.9 Å². The first-order chi connectivity index (χ1) is 11.3. The second-order valence-electron chi connectivity index (χ2n) is 6.39. The fourth-order valence-corrected chi connectivity index (χ4v) is 4.14. The van der Waals surface area contributed by atoms with E-state index in [4.69, 9.17) is 0 Å². The van der Waals surface area contributed by atoms with E-state index in [0.29, 0.717) is 6.04 Å². The highest BCUT2D eigenvalue weighted by Crippen LogP contribution is 2.42. The van der Waals surface area contributed by atoms with Crippen LogP contribution >= 0.6 is 0 Å². The maximum absolute atomic E-state index is 2.64. The molecule has 3 aliphatic heterocycles. The van der Waals surface area contributed by atoms with E-state index in [1.54, 1.807) is 11.3 Å². The molecule has 128 valence electrons. The van der Waals surface area contributed by atoms with Crippen LogP contribution in [0.2, 0.25) is 0 Å². The standard InChI is InChI=1S/C17H22N2.2C2H6/c1-12(2)19-15-6-4-3-5-14(15)17-13-7-9-18(10-8-13)11-16(17)19;2*1-2/h3-6,12-13H,7-11H2,1-2H3;2*1-2H3. The van der Waals surface area contributed by atoms with Gasteiger partial charge in [0.05, 0.1) is 0 Å². The smallest absolute Gasteiger partial charge is 0.0488 e. The maximum Gasteiger partial charge on any atom is 0.0488 e. The second kappa shape index (κ2) is 8.01. The molecule has 1 aromatic heterocycles. The van der Waals surface area contributed by atoms with Crippen molar-refractivity contribution in [2.45, 2.75) is 72.9 Å². The summed E-state index contributed by atoms with van der Waals surface area (Å²) < 4.78 is 2.58. The highest BCUT2D eigenvalue weighted by molar-refractivity contribution is 5.86. The molecular weight excluding hydrogens is 280 g/mol. The Hall–Kier alpha value is -1.28. The van der Waals surface area contributed by atoms with Gasteiger partial charge < -0.3 is 4.57 Å². The molecule has 2 aromatic rings. The summed E-state index contributed by atoms with van der Waals surface area (Å²) in [7, 11) is 0. The van der Waals surface area contributed by atoms with E-state index in [9.17, 15) is 0 Å². The van der Waals surface area contributed by atoms with Crippen molar-refractivity contribution in [3.8, 4) is 0 Å². The zero-order valence-corrected chi connectivity index (χ0v) is 15.9. The number of fused-ring (bicyclic) bond motifs is 3. The summed E-state index contributed by atoms with van der Waals surface area (Å²) >= 11 is 0. The molecule has 0 atom stereocenters. The SMILES string of the molecule is CC.CC.CC(C)n1c2c(c3ccccc31)C1CCN(CC1)C2. The van der Waals surface area contributed by atoms with Crippen LogP contribution in [-0.2, 0) is 6.54 Å². The Bertz CT molecular complexity index is 616. The fourth-order valence-electron chi connectivity index (χ4n) is 4.14. The molecule has 0 spiro atoms. The van der Waals surface area contributed by atoms with Gasteiger partial charge in [-0.25, -0.2) is 0 Å². The van der Waals surface area contributed by atoms with E-state index in [0.717, 1.165) is 12.5 Å². The Balaban J connectivity index is 0.000000448. The molecule has 0 saturated carbocycles. The summed E-state index contributed by atoms with van der Waals surface area (Å²) in [5.74, 6) is 0.790. The van der Waals surface area contributed by atoms with Gasteiger partial charge >= 0.3 is 0 Å². The van der Waals surface area contributed by atoms with Crippen molar-refractivity contribution >= 4 is 10.9 Å². The average molecular weight is 315 g/mol. The first-order valence-electron chi connectivity index (χ1n) is 9.59. The molecule has 4 heterocycles. The third-order valence-corrected chi connectivity index (χ3v) is 4.94. The number of hydrogen-bond donors (Lipinski definition) is 0. The van der Waals surface area contributed by atoms with Crippen LogP contribution < -0.4 is 0 Å². The van der Waals surface area contributed by atoms with Gasteiger partial charge in [0.15, 0.2) is 0 Å². The second-order valence-corrected chi connectivity index (χ2v) is 6.39. The van der Waals surface area contributed by atoms with E-state index in [-0.39, 0.29) is 0 Å². The monoisotopic (exact) mass is 314 g/mol. The summed E-state index contributed by atoms with van der Waals surface area (Å²) in [6.07, 6.45) is 2.69. The molecule has 23 heavy (non-hydrogen) atoms. The summed E-state index contributed by atoms with van der Waals surface area (Å²) in [6.45, 7) is 16.3. The zero-order chi connectivity index (χ0) is 17.0. The predicted octanol–water partition coefficient (Wildman–Crippen LogP) is 5.97. The number of hydrogen-bond acceptors (Lipinski definition) is 1. The van der Waals surface area contributed by atoms with Gasteiger partial charge in [0.2, 0.25) is 0 Å². The topological polar surface area (TPSA) is 8.17 Å². The first kappa shape index (κ1) is 18.1. The lowest BCUT2D eigenvalue weighted by atomic mass is 9.90. The Labute approximate surface area is 142 Å². The van der Waals surface area contributed by atoms with Crippen molar-refractivity contribution in [3.05, 3.63) is 35.5 Å². The van der Waals surface area contributed by atoms with Crippen LogP contribution in [0, 0.1) is 0 Å². The van der Waals surface area contributed by atoms with Crippen LogP contribution in [-0.4, -0.2) is 22.6 Å². The number of piperidine rings is 1. The summed E-state index contributed by atoms with van der Waals surface area (Å²) in [5, 5.41) is 1.51. The van der Waals surface area contributed by atoms with E-state index < -0.39 is 0 Å². The van der Waals surface area contributed by atoms with Crippen molar-refractivity contribution in [1.82, 2.24) is 9.47 Å². The number of para-hydroxylation sites is 1. The van der Waals surface area contributed by atoms with Crippen LogP contribution in [0.15, 0.2) is 24.3 Å². The van der Waals surface area contributed by atoms with Gasteiger partial charge in [-0.2, -0.15) is 0 Å². The minimum Gasteiger partial charge on any atom is -0.341 e. The average Bonchev–Trinajstić information content (AvgIpc) is 2.71. The lowest BCUT2D eigenvalue weighted by molar-refractivity contribution is 0.217. The quantitative estimate of drug-likeness (QED) is 0.629. The van der Waals surface area contributed by atoms with Crippen molar-refractivity contribution in [3.63, 3.8) is 0 Å². The number of rotatable bonds is 1. The molecule has 5 rings (SSSR count). The molecule has 1 aromatic carbocycles. The molecule has 2 bridgehead atoms. The Kier molecular flexibility index (Phi) is 6.29. The van der Waals surface area contributed by atoms with Crippen molar-refractivity contribution in [2.24, 2.45) is 0 Å². The van der Waals surface area contributed by atoms with Gasteiger partial charge in [-0.3, -0.25) is 4.90 Å². The molecule has 0 radical (unpaired) electrons. The minimum absolute atomic E-state index is 0.548. The molecule has 2 nitrogen and oxygen atoms in total. The zero-order valence-electron chi connectivity index (χ0n) is 15.9. The third-order valence-electron chi connectivity index (χ3n) is 4.94. The number of nitrogens with zero attached hydrogens (tertiary/aromatic N) is 2. The fraction of sp³-hybridized carbons (Fsp3) is 0.619. The van der Waals surface area contributed by atoms with Crippen LogP contribution in [0.4, 0.5) is 0 Å². The highest BCUT2D eigenvalue weighted by atomic mass is 15.2. The lowest BCUT2D eigenvalue weighted by Crippen LogP contribution is -2.29. The maximum atomic E-state index is 2.64. The third kappa shape index (κ3) is 3.19. The molecule has 1 fully saturated rings. The van der Waals surface area contributed by atoms with E-state index in [2.05, 4.69) is 47.6 Å². The van der Waals surface area contributed by atoms with Crippen LogP contribution in [0.3, 0.4) is 0 Å². The van der Waals surface area contributed by atoms with Crippen LogP contribution in [0.5, 0.6) is 0 Å². The van der Waals surface area contributed by atoms with E-state index >= 15 is 0 Å². The molecule has 1 saturated heterocycles. The highest BCUT2D eigenvalue weighted by Gasteiger charge is 2.32. The summed E-state index contributed by atoms with van der Waals surface area (Å²) in [4.78, 5) is 2.64. The molecule has 3 aliphatic rings. The first-order valence-corrected chi connectivity index (χ1v) is 9.59. The largest absolute Gasteiger partial charge is 0.341 e. The molecule has 0 N–H and O–H groups in total. The lowest BCUT2D eigenvalue weighted by Gasteiger charge is -2.27. The summed E-state index contributed by atoms with van der Waals surface area (Å²) in [5.41, 5.74) is 4.71. The van der Waals surface area contributed by atoms with Gasteiger partial charge in [0.25, 0.3) is 0 Å². The van der Waals surface area contributed by atoms with Crippen molar-refractivity contribution in [1.29, 1.82) is 0 Å². The van der Waals surface area contributed by atoms with Crippen LogP contribution in [0.25, 0.3) is 10.9 Å². The van der Waals surface area contributed by atoms with E-state index in [1.807, 2.05) is 27.7 Å². The molecule has 0 unspecified atom stereocenters. The number of aromatic nitrogens is 1. The van der Waals surface area contributed by atoms with E-state index in [1.165, 1.54) is 36.8 Å². The van der Waals surface area contributed by atoms with Gasteiger partial charge in [-0.15, -0.1) is 0 Å². The normalized spacial score (nSPS) is 21.9. The molecule has 2 heteroatoms. The Morgan fingerprint density at radius 1 is 0.957 bits per heavy atom. The minimum atomic E-state index is 0.548. The molecular formula is C21H34N2. The Morgan fingerprint density at radius 2 is 1.57 bits per heavy atom. The predicted molar refractivity (Wildman–Crippen MR) is 102 cm³/mol. The van der Waals surface area contributed by atoms with Gasteiger partial charge in [0, 0.05) is 29.2 Å². The van der Waals surface area contributed by atoms with Crippen LogP contribution in [0.1, 0.15) is 77.6 Å². The Morgan fingerprint density at radius 3 is 2.17 bits per heavy atom. The molecule has 0 aliphatic carbocycles. The van der Waals surface area contributed by atoms with Gasteiger partial charge in [0.1, 0.15) is 0 Å². The number of benzene rings is 1. The summed E-state index contributed by atoms with van der Waals surface area (Å²) in [6, 6.07) is 9.56.